The van der Waals surface area contributed by atoms with Crippen LogP contribution in [0.15, 0.2) is 18.2 Å². The van der Waals surface area contributed by atoms with E-state index in [4.69, 9.17) is 9.31 Å². The lowest BCUT2D eigenvalue weighted by atomic mass is 9.77. The number of nitrogens with zero attached hydrogens (tertiary/aromatic N) is 1. The van der Waals surface area contributed by atoms with Crippen molar-refractivity contribution in [3.05, 3.63) is 29.3 Å². The van der Waals surface area contributed by atoms with Gasteiger partial charge in [0.15, 0.2) is 0 Å². The highest BCUT2D eigenvalue weighted by atomic mass is 16.7. The lowest BCUT2D eigenvalue weighted by Crippen LogP contribution is -2.41. The molecule has 0 spiro atoms. The molecular weight excluding hydrogens is 313 g/mol. The summed E-state index contributed by atoms with van der Waals surface area (Å²) in [5, 5.41) is 0. The first-order valence-electron chi connectivity index (χ1n) is 9.36. The summed E-state index contributed by atoms with van der Waals surface area (Å²) in [5.41, 5.74) is 2.03. The van der Waals surface area contributed by atoms with Crippen molar-refractivity contribution in [3.8, 4) is 0 Å². The van der Waals surface area contributed by atoms with Gasteiger partial charge < -0.3 is 14.2 Å². The molecule has 4 nitrogen and oxygen atoms in total. The summed E-state index contributed by atoms with van der Waals surface area (Å²) in [6.45, 7) is 14.1. The lowest BCUT2D eigenvalue weighted by Gasteiger charge is -2.32. The molecule has 0 radical (unpaired) electrons. The minimum atomic E-state index is -0.386. The van der Waals surface area contributed by atoms with Crippen molar-refractivity contribution in [2.24, 2.45) is 5.92 Å². The molecule has 0 saturated carbocycles. The van der Waals surface area contributed by atoms with Crippen molar-refractivity contribution in [3.63, 3.8) is 0 Å². The fourth-order valence-electron chi connectivity index (χ4n) is 3.60. The second-order valence-corrected chi connectivity index (χ2v) is 8.66. The zero-order valence-electron chi connectivity index (χ0n) is 16.4. The molecule has 0 bridgehead atoms. The normalized spacial score (nSPS) is 25.3. The molecule has 5 heteroatoms. The highest BCUT2D eigenvalue weighted by molar-refractivity contribution is 6.62. The number of piperidine rings is 1. The fourth-order valence-corrected chi connectivity index (χ4v) is 3.60. The molecule has 0 aromatic heterocycles. The molecular formula is C20H30BNO3. The Hall–Kier alpha value is -1.33. The Bertz CT molecular complexity index is 655. The number of benzene rings is 1. The number of hydrogen-bond acceptors (Lipinski definition) is 3. The molecule has 2 aliphatic rings. The standard InChI is InChI=1S/C20H30BNO3/c1-14-8-7-11-22(13-14)18(23)17-10-9-16(12-15(17)2)21-24-19(3,4)20(5,6)25-21/h9-10,12,14H,7-8,11,13H2,1-6H3. The molecule has 1 amide bonds. The van der Waals surface area contributed by atoms with Gasteiger partial charge in [-0.3, -0.25) is 4.79 Å². The Morgan fingerprint density at radius 3 is 2.40 bits per heavy atom. The number of carbonyl (C=O) groups excluding carboxylic acids is 1. The van der Waals surface area contributed by atoms with Crippen molar-refractivity contribution in [1.29, 1.82) is 0 Å². The largest absolute Gasteiger partial charge is 0.494 e. The van der Waals surface area contributed by atoms with Crippen molar-refractivity contribution in [1.82, 2.24) is 4.90 Å². The van der Waals surface area contributed by atoms with Crippen LogP contribution < -0.4 is 5.46 Å². The fraction of sp³-hybridized carbons (Fsp3) is 0.650. The van der Waals surface area contributed by atoms with E-state index in [1.165, 1.54) is 6.42 Å². The molecule has 1 aromatic carbocycles. The van der Waals surface area contributed by atoms with Crippen LogP contribution in [-0.2, 0) is 9.31 Å². The van der Waals surface area contributed by atoms with Crippen LogP contribution in [0.4, 0.5) is 0 Å². The predicted octanol–water partition coefficient (Wildman–Crippen LogP) is 3.17. The summed E-state index contributed by atoms with van der Waals surface area (Å²) in [6, 6.07) is 5.93. The number of aryl methyl sites for hydroxylation is 1. The molecule has 1 aromatic rings. The summed E-state index contributed by atoms with van der Waals surface area (Å²) in [6.07, 6.45) is 2.31. The van der Waals surface area contributed by atoms with Crippen molar-refractivity contribution in [2.45, 2.75) is 65.6 Å². The topological polar surface area (TPSA) is 38.8 Å². The molecule has 2 aliphatic heterocycles. The Labute approximate surface area is 152 Å². The van der Waals surface area contributed by atoms with Gasteiger partial charge in [0.1, 0.15) is 0 Å². The smallest absolute Gasteiger partial charge is 0.399 e. The summed E-state index contributed by atoms with van der Waals surface area (Å²) in [4.78, 5) is 14.9. The monoisotopic (exact) mass is 343 g/mol. The van der Waals surface area contributed by atoms with E-state index >= 15 is 0 Å². The van der Waals surface area contributed by atoms with Gasteiger partial charge in [-0.05, 0) is 70.5 Å². The van der Waals surface area contributed by atoms with Crippen molar-refractivity contribution >= 4 is 18.5 Å². The molecule has 2 fully saturated rings. The van der Waals surface area contributed by atoms with Gasteiger partial charge in [0, 0.05) is 18.7 Å². The van der Waals surface area contributed by atoms with E-state index in [-0.39, 0.29) is 24.2 Å². The minimum Gasteiger partial charge on any atom is -0.399 e. The van der Waals surface area contributed by atoms with Gasteiger partial charge in [0.05, 0.1) is 11.2 Å². The maximum atomic E-state index is 12.9. The maximum Gasteiger partial charge on any atom is 0.494 e. The summed E-state index contributed by atoms with van der Waals surface area (Å²) < 4.78 is 12.2. The van der Waals surface area contributed by atoms with Crippen LogP contribution in [-0.4, -0.2) is 42.2 Å². The summed E-state index contributed by atoms with van der Waals surface area (Å²) >= 11 is 0. The van der Waals surface area contributed by atoms with E-state index in [1.807, 2.05) is 30.0 Å². The molecule has 0 aliphatic carbocycles. The molecule has 136 valence electrons. The molecule has 1 unspecified atom stereocenters. The molecule has 2 saturated heterocycles. The van der Waals surface area contributed by atoms with Crippen LogP contribution >= 0.6 is 0 Å². The number of amides is 1. The minimum absolute atomic E-state index is 0.143. The first-order chi connectivity index (χ1) is 11.6. The van der Waals surface area contributed by atoms with Crippen LogP contribution in [0.2, 0.25) is 0 Å². The highest BCUT2D eigenvalue weighted by Gasteiger charge is 2.51. The van der Waals surface area contributed by atoms with Gasteiger partial charge in [-0.25, -0.2) is 0 Å². The van der Waals surface area contributed by atoms with Gasteiger partial charge >= 0.3 is 7.12 Å². The number of likely N-dealkylation sites (tertiary alicyclic amines) is 1. The van der Waals surface area contributed by atoms with E-state index in [1.54, 1.807) is 0 Å². The maximum absolute atomic E-state index is 12.9. The van der Waals surface area contributed by atoms with E-state index in [0.29, 0.717) is 5.92 Å². The molecule has 2 heterocycles. The average Bonchev–Trinajstić information content (AvgIpc) is 2.75. The van der Waals surface area contributed by atoms with Gasteiger partial charge in [0.25, 0.3) is 5.91 Å². The SMILES string of the molecule is Cc1cc(B2OC(C)(C)C(C)(C)O2)ccc1C(=O)N1CCCC(C)C1. The Kier molecular flexibility index (Phi) is 4.76. The Morgan fingerprint density at radius 1 is 1.20 bits per heavy atom. The highest BCUT2D eigenvalue weighted by Crippen LogP contribution is 2.36. The first-order valence-corrected chi connectivity index (χ1v) is 9.36. The molecule has 1 atom stereocenters. The Morgan fingerprint density at radius 2 is 1.84 bits per heavy atom. The third-order valence-corrected chi connectivity index (χ3v) is 5.95. The molecule has 0 N–H and O–H groups in total. The van der Waals surface area contributed by atoms with Crippen LogP contribution in [0, 0.1) is 12.8 Å². The van der Waals surface area contributed by atoms with E-state index < -0.39 is 0 Å². The predicted molar refractivity (Wildman–Crippen MR) is 101 cm³/mol. The van der Waals surface area contributed by atoms with E-state index in [2.05, 4.69) is 34.6 Å². The zero-order chi connectivity index (χ0) is 18.4. The average molecular weight is 343 g/mol. The number of rotatable bonds is 2. The van der Waals surface area contributed by atoms with E-state index in [9.17, 15) is 4.79 Å². The quantitative estimate of drug-likeness (QED) is 0.775. The second-order valence-electron chi connectivity index (χ2n) is 8.66. The van der Waals surface area contributed by atoms with Gasteiger partial charge in [0.2, 0.25) is 0 Å². The van der Waals surface area contributed by atoms with Crippen molar-refractivity contribution < 1.29 is 14.1 Å². The summed E-state index contributed by atoms with van der Waals surface area (Å²) in [5.74, 6) is 0.728. The van der Waals surface area contributed by atoms with Gasteiger partial charge in [-0.15, -0.1) is 0 Å². The summed E-state index contributed by atoms with van der Waals surface area (Å²) in [7, 11) is -0.386. The third-order valence-electron chi connectivity index (χ3n) is 5.95. The Balaban J connectivity index is 1.79. The second kappa shape index (κ2) is 6.44. The van der Waals surface area contributed by atoms with Gasteiger partial charge in [-0.1, -0.05) is 19.1 Å². The lowest BCUT2D eigenvalue weighted by molar-refractivity contribution is 0.00578. The van der Waals surface area contributed by atoms with Crippen LogP contribution in [0.1, 0.15) is 63.4 Å². The zero-order valence-corrected chi connectivity index (χ0v) is 16.4. The number of carbonyl (C=O) groups is 1. The number of hydrogen-bond donors (Lipinski definition) is 0. The van der Waals surface area contributed by atoms with Crippen LogP contribution in [0.3, 0.4) is 0 Å². The van der Waals surface area contributed by atoms with Crippen LogP contribution in [0.5, 0.6) is 0 Å². The first kappa shape index (κ1) is 18.5. The van der Waals surface area contributed by atoms with Crippen LogP contribution in [0.25, 0.3) is 0 Å². The van der Waals surface area contributed by atoms with Gasteiger partial charge in [-0.2, -0.15) is 0 Å². The molecule has 3 rings (SSSR count). The third kappa shape index (κ3) is 3.49. The molecule has 25 heavy (non-hydrogen) atoms. The van der Waals surface area contributed by atoms with Crippen molar-refractivity contribution in [2.75, 3.05) is 13.1 Å². The van der Waals surface area contributed by atoms with E-state index in [0.717, 1.165) is 36.1 Å².